The summed E-state index contributed by atoms with van der Waals surface area (Å²) in [6, 6.07) is 19.7. The predicted octanol–water partition coefficient (Wildman–Crippen LogP) is 6.54. The number of carboxylic acid groups (broad SMARTS) is 1. The zero-order valence-electron chi connectivity index (χ0n) is 19.1. The van der Waals surface area contributed by atoms with Crippen molar-refractivity contribution in [2.24, 2.45) is 0 Å². The van der Waals surface area contributed by atoms with Crippen molar-refractivity contribution >= 4 is 34.7 Å². The van der Waals surface area contributed by atoms with Gasteiger partial charge in [0.1, 0.15) is 5.75 Å². The lowest BCUT2D eigenvalue weighted by Gasteiger charge is -2.21. The summed E-state index contributed by atoms with van der Waals surface area (Å²) in [6.45, 7) is 2.98. The second-order valence-corrected chi connectivity index (χ2v) is 8.83. The number of aliphatic carboxylic acids is 1. The highest BCUT2D eigenvalue weighted by Gasteiger charge is 2.30. The number of halogens is 3. The Hall–Kier alpha value is -3.59. The molecule has 3 aromatic rings. The SMILES string of the molecule is CC(C)(Oc1ccc(CCc2cccc(NC(=S)Nc3cccc(C(F)(F)F)c3)c2)cc1)C(=O)O. The van der Waals surface area contributed by atoms with Crippen LogP contribution in [0, 0.1) is 0 Å². The summed E-state index contributed by atoms with van der Waals surface area (Å²) in [5.41, 5.74) is 0.998. The Morgan fingerprint density at radius 2 is 1.46 bits per heavy atom. The van der Waals surface area contributed by atoms with Gasteiger partial charge in [0.25, 0.3) is 0 Å². The Bertz CT molecular complexity index is 1190. The van der Waals surface area contributed by atoms with Crippen molar-refractivity contribution in [3.05, 3.63) is 89.5 Å². The molecule has 0 bridgehead atoms. The lowest BCUT2D eigenvalue weighted by Crippen LogP contribution is -2.37. The Kier molecular flexibility index (Phi) is 8.01. The van der Waals surface area contributed by atoms with Gasteiger partial charge in [-0.25, -0.2) is 4.79 Å². The van der Waals surface area contributed by atoms with E-state index in [1.807, 2.05) is 36.4 Å². The van der Waals surface area contributed by atoms with Crippen molar-refractivity contribution in [3.63, 3.8) is 0 Å². The molecule has 0 unspecified atom stereocenters. The van der Waals surface area contributed by atoms with E-state index in [-0.39, 0.29) is 10.8 Å². The van der Waals surface area contributed by atoms with E-state index in [0.29, 0.717) is 11.4 Å². The Morgan fingerprint density at radius 3 is 2.06 bits per heavy atom. The molecule has 0 fully saturated rings. The van der Waals surface area contributed by atoms with E-state index < -0.39 is 23.3 Å². The number of carbonyl (C=O) groups is 1. The maximum Gasteiger partial charge on any atom is 0.416 e. The van der Waals surface area contributed by atoms with Gasteiger partial charge in [-0.15, -0.1) is 0 Å². The number of ether oxygens (including phenoxy) is 1. The van der Waals surface area contributed by atoms with Gasteiger partial charge in [-0.1, -0.05) is 30.3 Å². The molecule has 184 valence electrons. The van der Waals surface area contributed by atoms with Crippen LogP contribution in [0.25, 0.3) is 0 Å². The first-order valence-electron chi connectivity index (χ1n) is 10.8. The molecule has 0 radical (unpaired) electrons. The summed E-state index contributed by atoms with van der Waals surface area (Å²) < 4.78 is 44.2. The van der Waals surface area contributed by atoms with Crippen LogP contribution in [0.4, 0.5) is 24.5 Å². The molecule has 0 spiro atoms. The van der Waals surface area contributed by atoms with Gasteiger partial charge in [-0.3, -0.25) is 0 Å². The molecule has 35 heavy (non-hydrogen) atoms. The predicted molar refractivity (Wildman–Crippen MR) is 134 cm³/mol. The average Bonchev–Trinajstić information content (AvgIpc) is 2.78. The summed E-state index contributed by atoms with van der Waals surface area (Å²) in [7, 11) is 0. The van der Waals surface area contributed by atoms with Crippen molar-refractivity contribution in [1.82, 2.24) is 0 Å². The zero-order chi connectivity index (χ0) is 25.6. The number of benzene rings is 3. The first-order valence-corrected chi connectivity index (χ1v) is 11.2. The van der Waals surface area contributed by atoms with E-state index in [1.165, 1.54) is 26.0 Å². The molecule has 0 amide bonds. The minimum atomic E-state index is -4.43. The van der Waals surface area contributed by atoms with Crippen LogP contribution in [0.5, 0.6) is 5.75 Å². The fourth-order valence-electron chi connectivity index (χ4n) is 3.22. The molecule has 0 saturated carbocycles. The van der Waals surface area contributed by atoms with Gasteiger partial charge in [0, 0.05) is 11.4 Å². The summed E-state index contributed by atoms with van der Waals surface area (Å²) >= 11 is 5.25. The van der Waals surface area contributed by atoms with Gasteiger partial charge in [0.2, 0.25) is 0 Å². The minimum absolute atomic E-state index is 0.182. The van der Waals surface area contributed by atoms with Gasteiger partial charge < -0.3 is 20.5 Å². The molecule has 0 aliphatic heterocycles. The molecule has 0 saturated heterocycles. The van der Waals surface area contributed by atoms with Crippen LogP contribution < -0.4 is 15.4 Å². The number of carboxylic acids is 1. The summed E-state index contributed by atoms with van der Waals surface area (Å²) in [6.07, 6.45) is -2.94. The third-order valence-corrected chi connectivity index (χ3v) is 5.35. The van der Waals surface area contributed by atoms with Crippen LogP contribution in [0.15, 0.2) is 72.8 Å². The number of anilines is 2. The smallest absolute Gasteiger partial charge is 0.416 e. The van der Waals surface area contributed by atoms with Crippen molar-refractivity contribution < 1.29 is 27.8 Å². The maximum absolute atomic E-state index is 12.9. The number of hydrogen-bond acceptors (Lipinski definition) is 3. The van der Waals surface area contributed by atoms with E-state index in [4.69, 9.17) is 17.0 Å². The molecule has 0 aliphatic rings. The van der Waals surface area contributed by atoms with Gasteiger partial charge in [-0.05, 0) is 92.5 Å². The third kappa shape index (κ3) is 7.71. The summed E-state index contributed by atoms with van der Waals surface area (Å²) in [5.74, 6) is -0.561. The topological polar surface area (TPSA) is 70.6 Å². The second-order valence-electron chi connectivity index (χ2n) is 8.42. The van der Waals surface area contributed by atoms with Gasteiger partial charge in [0.05, 0.1) is 5.56 Å². The van der Waals surface area contributed by atoms with Crippen LogP contribution in [0.3, 0.4) is 0 Å². The highest BCUT2D eigenvalue weighted by molar-refractivity contribution is 7.80. The Morgan fingerprint density at radius 1 is 0.886 bits per heavy atom. The largest absolute Gasteiger partial charge is 0.478 e. The van der Waals surface area contributed by atoms with E-state index >= 15 is 0 Å². The molecule has 3 N–H and O–H groups in total. The number of alkyl halides is 3. The number of hydrogen-bond donors (Lipinski definition) is 3. The standard InChI is InChI=1S/C26H25F3N2O3S/c1-25(2,23(32)33)34-22-13-11-17(12-14-22)9-10-18-5-3-7-20(15-18)30-24(35)31-21-8-4-6-19(16-21)26(27,28)29/h3-8,11-16H,9-10H2,1-2H3,(H,32,33)(H2,30,31,35). The van der Waals surface area contributed by atoms with Crippen molar-refractivity contribution in [3.8, 4) is 5.75 Å². The lowest BCUT2D eigenvalue weighted by atomic mass is 10.0. The number of aryl methyl sites for hydroxylation is 2. The first-order chi connectivity index (χ1) is 16.4. The van der Waals surface area contributed by atoms with E-state index in [1.54, 1.807) is 12.1 Å². The summed E-state index contributed by atoms with van der Waals surface area (Å²) in [5, 5.41) is 15.1. The number of rotatable bonds is 8. The van der Waals surface area contributed by atoms with Crippen molar-refractivity contribution in [2.75, 3.05) is 10.6 Å². The van der Waals surface area contributed by atoms with Crippen LogP contribution in [0.2, 0.25) is 0 Å². The van der Waals surface area contributed by atoms with Crippen molar-refractivity contribution in [1.29, 1.82) is 0 Å². The molecule has 9 heteroatoms. The minimum Gasteiger partial charge on any atom is -0.478 e. The van der Waals surface area contributed by atoms with E-state index in [9.17, 15) is 23.1 Å². The molecule has 5 nitrogen and oxygen atoms in total. The van der Waals surface area contributed by atoms with Crippen LogP contribution in [-0.2, 0) is 23.8 Å². The third-order valence-electron chi connectivity index (χ3n) is 5.15. The van der Waals surface area contributed by atoms with Gasteiger partial charge >= 0.3 is 12.1 Å². The lowest BCUT2D eigenvalue weighted by molar-refractivity contribution is -0.152. The fourth-order valence-corrected chi connectivity index (χ4v) is 3.46. The molecule has 3 aromatic carbocycles. The van der Waals surface area contributed by atoms with Gasteiger partial charge in [-0.2, -0.15) is 13.2 Å². The van der Waals surface area contributed by atoms with E-state index in [0.717, 1.165) is 36.1 Å². The monoisotopic (exact) mass is 502 g/mol. The summed E-state index contributed by atoms with van der Waals surface area (Å²) in [4.78, 5) is 11.2. The molecular formula is C26H25F3N2O3S. The molecule has 0 aliphatic carbocycles. The maximum atomic E-state index is 12.9. The molecule has 0 aromatic heterocycles. The van der Waals surface area contributed by atoms with E-state index in [2.05, 4.69) is 10.6 Å². The Labute approximate surface area is 206 Å². The average molecular weight is 503 g/mol. The second kappa shape index (κ2) is 10.8. The highest BCUT2D eigenvalue weighted by Crippen LogP contribution is 2.30. The number of thiocarbonyl (C=S) groups is 1. The Balaban J connectivity index is 1.56. The van der Waals surface area contributed by atoms with Crippen molar-refractivity contribution in [2.45, 2.75) is 38.5 Å². The first kappa shape index (κ1) is 26.0. The quantitative estimate of drug-likeness (QED) is 0.304. The molecular weight excluding hydrogens is 477 g/mol. The highest BCUT2D eigenvalue weighted by atomic mass is 32.1. The zero-order valence-corrected chi connectivity index (χ0v) is 20.0. The van der Waals surface area contributed by atoms with Crippen LogP contribution >= 0.6 is 12.2 Å². The van der Waals surface area contributed by atoms with Crippen LogP contribution in [0.1, 0.15) is 30.5 Å². The molecule has 3 rings (SSSR count). The molecule has 0 heterocycles. The van der Waals surface area contributed by atoms with Gasteiger partial charge in [0.15, 0.2) is 10.7 Å². The molecule has 0 atom stereocenters. The fraction of sp³-hybridized carbons (Fsp3) is 0.231. The van der Waals surface area contributed by atoms with Crippen LogP contribution in [-0.4, -0.2) is 21.8 Å². The number of nitrogens with one attached hydrogen (secondary N) is 2. The normalized spacial score (nSPS) is 11.6.